The van der Waals surface area contributed by atoms with Crippen LogP contribution >= 0.6 is 12.4 Å². The summed E-state index contributed by atoms with van der Waals surface area (Å²) < 4.78 is 8.67. The highest BCUT2D eigenvalue weighted by atomic mass is 35.5. The van der Waals surface area contributed by atoms with Gasteiger partial charge in [0.15, 0.2) is 0 Å². The Morgan fingerprint density at radius 2 is 2.00 bits per heavy atom. The number of ether oxygens (including phenoxy) is 1. The Labute approximate surface area is 125 Å². The highest BCUT2D eigenvalue weighted by molar-refractivity contribution is 5.91. The van der Waals surface area contributed by atoms with Crippen molar-refractivity contribution in [1.29, 1.82) is 0 Å². The predicted molar refractivity (Wildman–Crippen MR) is 84.2 cm³/mol. The topological polar surface area (TPSA) is 26.2 Å². The van der Waals surface area contributed by atoms with Crippen LogP contribution in [0.15, 0.2) is 18.2 Å². The molecule has 2 aliphatic heterocycles. The van der Waals surface area contributed by atoms with Gasteiger partial charge in [-0.1, -0.05) is 12.1 Å². The Morgan fingerprint density at radius 1 is 1.20 bits per heavy atom. The van der Waals surface area contributed by atoms with Crippen LogP contribution in [0.4, 0.5) is 0 Å². The number of rotatable bonds is 0. The molecule has 0 aliphatic carbocycles. The van der Waals surface area contributed by atoms with Gasteiger partial charge in [0.25, 0.3) is 0 Å². The summed E-state index contributed by atoms with van der Waals surface area (Å²) in [5.41, 5.74) is 4.24. The molecule has 0 atom stereocenters. The first-order chi connectivity index (χ1) is 9.16. The highest BCUT2D eigenvalue weighted by Gasteiger charge is 2.32. The summed E-state index contributed by atoms with van der Waals surface area (Å²) in [6.45, 7) is 7.47. The van der Waals surface area contributed by atoms with Crippen LogP contribution in [-0.4, -0.2) is 23.3 Å². The fourth-order valence-corrected chi connectivity index (χ4v) is 3.58. The molecule has 3 nitrogen and oxygen atoms in total. The molecule has 108 valence electrons. The van der Waals surface area contributed by atoms with Gasteiger partial charge in [0.05, 0.1) is 12.1 Å². The van der Waals surface area contributed by atoms with Crippen molar-refractivity contribution in [3.05, 3.63) is 29.5 Å². The largest absolute Gasteiger partial charge is 0.484 e. The van der Waals surface area contributed by atoms with Gasteiger partial charge in [0.2, 0.25) is 0 Å². The zero-order chi connectivity index (χ0) is 13.0. The summed E-state index contributed by atoms with van der Waals surface area (Å²) >= 11 is 0. The third kappa shape index (κ3) is 1.92. The second kappa shape index (κ2) is 4.68. The molecule has 3 heterocycles. The fourth-order valence-electron chi connectivity index (χ4n) is 3.58. The maximum Gasteiger partial charge on any atom is 0.144 e. The molecule has 2 aliphatic rings. The van der Waals surface area contributed by atoms with Crippen LogP contribution in [0, 0.1) is 0 Å². The second-order valence-electron chi connectivity index (χ2n) is 6.28. The van der Waals surface area contributed by atoms with Gasteiger partial charge in [-0.05, 0) is 38.4 Å². The molecule has 4 heteroatoms. The molecule has 0 saturated heterocycles. The minimum Gasteiger partial charge on any atom is -0.484 e. The van der Waals surface area contributed by atoms with Gasteiger partial charge >= 0.3 is 0 Å². The van der Waals surface area contributed by atoms with Crippen molar-refractivity contribution in [3.8, 4) is 5.75 Å². The molecule has 0 unspecified atom stereocenters. The molecule has 0 spiro atoms. The molecular weight excluding hydrogens is 272 g/mol. The summed E-state index contributed by atoms with van der Waals surface area (Å²) in [7, 11) is 0. The number of aromatic nitrogens is 1. The van der Waals surface area contributed by atoms with E-state index >= 15 is 0 Å². The van der Waals surface area contributed by atoms with Crippen molar-refractivity contribution in [1.82, 2.24) is 9.88 Å². The van der Waals surface area contributed by atoms with E-state index in [2.05, 4.69) is 41.9 Å². The Hall–Kier alpha value is -1.19. The summed E-state index contributed by atoms with van der Waals surface area (Å²) in [4.78, 5) is 0. The lowest BCUT2D eigenvalue weighted by Gasteiger charge is -2.33. The monoisotopic (exact) mass is 292 g/mol. The second-order valence-corrected chi connectivity index (χ2v) is 6.28. The molecule has 1 aromatic carbocycles. The first kappa shape index (κ1) is 13.8. The average molecular weight is 293 g/mol. The summed E-state index contributed by atoms with van der Waals surface area (Å²) in [6, 6.07) is 6.49. The first-order valence-corrected chi connectivity index (χ1v) is 7.18. The van der Waals surface area contributed by atoms with Crippen LogP contribution in [0.25, 0.3) is 10.9 Å². The Bertz CT molecular complexity index is 660. The number of benzene rings is 1. The van der Waals surface area contributed by atoms with Gasteiger partial charge in [0, 0.05) is 24.0 Å². The number of halogens is 1. The van der Waals surface area contributed by atoms with Crippen molar-refractivity contribution in [2.24, 2.45) is 0 Å². The highest BCUT2D eigenvalue weighted by Crippen LogP contribution is 2.39. The minimum absolute atomic E-state index is 0. The van der Waals surface area contributed by atoms with E-state index in [1.54, 1.807) is 0 Å². The Kier molecular flexibility index (Phi) is 3.22. The van der Waals surface area contributed by atoms with E-state index in [4.69, 9.17) is 4.74 Å². The molecule has 2 aromatic rings. The normalized spacial score (nSPS) is 19.7. The minimum atomic E-state index is -0.117. The predicted octanol–water partition coefficient (Wildman–Crippen LogP) is 2.92. The molecule has 0 bridgehead atoms. The lowest BCUT2D eigenvalue weighted by atomic mass is 10.1. The van der Waals surface area contributed by atoms with Gasteiger partial charge in [-0.3, -0.25) is 0 Å². The fraction of sp³-hybridized carbons (Fsp3) is 0.500. The number of para-hydroxylation sites is 1. The number of hydrogen-bond donors (Lipinski definition) is 1. The van der Waals surface area contributed by atoms with E-state index in [9.17, 15) is 0 Å². The average Bonchev–Trinajstić information content (AvgIpc) is 2.54. The van der Waals surface area contributed by atoms with Gasteiger partial charge in [-0.15, -0.1) is 12.4 Å². The first-order valence-electron chi connectivity index (χ1n) is 7.18. The van der Waals surface area contributed by atoms with Crippen LogP contribution in [0.2, 0.25) is 0 Å². The standard InChI is InChI=1S/C16H20N2O.ClH/c1-16(2)10-18-13-7-9-17-8-6-11(13)12-4-3-5-14(19-16)15(12)18;/h3-5,17H,6-10H2,1-2H3;1H. The van der Waals surface area contributed by atoms with Gasteiger partial charge < -0.3 is 14.6 Å². The van der Waals surface area contributed by atoms with Gasteiger partial charge in [-0.25, -0.2) is 0 Å². The van der Waals surface area contributed by atoms with Crippen LogP contribution in [-0.2, 0) is 19.4 Å². The third-order valence-electron chi connectivity index (χ3n) is 4.28. The number of fused-ring (bicyclic) bond motifs is 3. The third-order valence-corrected chi connectivity index (χ3v) is 4.28. The Morgan fingerprint density at radius 3 is 2.85 bits per heavy atom. The van der Waals surface area contributed by atoms with E-state index in [-0.39, 0.29) is 18.0 Å². The maximum absolute atomic E-state index is 6.16. The lowest BCUT2D eigenvalue weighted by Crippen LogP contribution is -2.37. The van der Waals surface area contributed by atoms with Crippen LogP contribution in [0.5, 0.6) is 5.75 Å². The van der Waals surface area contributed by atoms with E-state index in [0.29, 0.717) is 0 Å². The quantitative estimate of drug-likeness (QED) is 0.808. The van der Waals surface area contributed by atoms with Crippen LogP contribution in [0.1, 0.15) is 25.1 Å². The maximum atomic E-state index is 6.16. The SMILES string of the molecule is CC1(C)Cn2c3c(c4cccc(c42)O1)CCNCC3.Cl. The summed E-state index contributed by atoms with van der Waals surface area (Å²) in [6.07, 6.45) is 2.25. The van der Waals surface area contributed by atoms with E-state index in [0.717, 1.165) is 38.2 Å². The summed E-state index contributed by atoms with van der Waals surface area (Å²) in [5, 5.41) is 4.90. The molecule has 1 aromatic heterocycles. The molecule has 20 heavy (non-hydrogen) atoms. The molecule has 4 rings (SSSR count). The van der Waals surface area contributed by atoms with E-state index in [1.165, 1.54) is 22.2 Å². The van der Waals surface area contributed by atoms with E-state index in [1.807, 2.05) is 0 Å². The molecule has 0 radical (unpaired) electrons. The van der Waals surface area contributed by atoms with Crippen molar-refractivity contribution in [2.45, 2.75) is 38.8 Å². The molecule has 0 saturated carbocycles. The van der Waals surface area contributed by atoms with Crippen LogP contribution in [0.3, 0.4) is 0 Å². The zero-order valence-electron chi connectivity index (χ0n) is 12.0. The van der Waals surface area contributed by atoms with Crippen LogP contribution < -0.4 is 10.1 Å². The summed E-state index contributed by atoms with van der Waals surface area (Å²) in [5.74, 6) is 1.05. The lowest BCUT2D eigenvalue weighted by molar-refractivity contribution is 0.0806. The molecule has 0 fully saturated rings. The van der Waals surface area contributed by atoms with Crippen molar-refractivity contribution < 1.29 is 4.74 Å². The molecule has 0 amide bonds. The molecular formula is C16H21ClN2O. The molecule has 1 N–H and O–H groups in total. The van der Waals surface area contributed by atoms with Gasteiger partial charge in [0.1, 0.15) is 11.4 Å². The van der Waals surface area contributed by atoms with Crippen molar-refractivity contribution in [2.75, 3.05) is 13.1 Å². The zero-order valence-corrected chi connectivity index (χ0v) is 12.8. The van der Waals surface area contributed by atoms with Gasteiger partial charge in [-0.2, -0.15) is 0 Å². The Balaban J connectivity index is 0.00000121. The van der Waals surface area contributed by atoms with Crippen molar-refractivity contribution >= 4 is 23.3 Å². The number of hydrogen-bond acceptors (Lipinski definition) is 2. The van der Waals surface area contributed by atoms with Crippen molar-refractivity contribution in [3.63, 3.8) is 0 Å². The smallest absolute Gasteiger partial charge is 0.144 e. The van der Waals surface area contributed by atoms with E-state index < -0.39 is 0 Å². The number of nitrogens with zero attached hydrogens (tertiary/aromatic N) is 1. The number of nitrogens with one attached hydrogen (secondary N) is 1.